The van der Waals surface area contributed by atoms with Crippen LogP contribution >= 0.6 is 0 Å². The van der Waals surface area contributed by atoms with Gasteiger partial charge in [0.05, 0.1) is 16.8 Å². The molecule has 0 atom stereocenters. The minimum atomic E-state index is -4.78. The molecular formula is C13H10F4N2O. The minimum absolute atomic E-state index is 0.147. The molecule has 1 aromatic heterocycles. The summed E-state index contributed by atoms with van der Waals surface area (Å²) >= 11 is 0. The average Bonchev–Trinajstić information content (AvgIpc) is 2.65. The smallest absolute Gasteiger partial charge is 0.288 e. The molecule has 0 bridgehead atoms. The van der Waals surface area contributed by atoms with E-state index in [0.29, 0.717) is 17.8 Å². The summed E-state index contributed by atoms with van der Waals surface area (Å²) in [5, 5.41) is 3.96. The van der Waals surface area contributed by atoms with Gasteiger partial charge in [0.25, 0.3) is 0 Å². The number of nitrogens with zero attached hydrogens (tertiary/aromatic N) is 2. The Morgan fingerprint density at radius 3 is 2.40 bits per heavy atom. The van der Waals surface area contributed by atoms with E-state index in [1.165, 1.54) is 10.9 Å². The first-order valence-corrected chi connectivity index (χ1v) is 5.62. The summed E-state index contributed by atoms with van der Waals surface area (Å²) in [6.45, 7) is 1.59. The first-order valence-electron chi connectivity index (χ1n) is 5.62. The molecule has 2 rings (SSSR count). The van der Waals surface area contributed by atoms with Crippen molar-refractivity contribution in [3.63, 3.8) is 0 Å². The number of ketones is 1. The lowest BCUT2D eigenvalue weighted by Crippen LogP contribution is -2.10. The number of alkyl halides is 3. The third-order valence-electron chi connectivity index (χ3n) is 2.79. The molecule has 106 valence electrons. The summed E-state index contributed by atoms with van der Waals surface area (Å²) in [7, 11) is 1.61. The molecule has 0 fully saturated rings. The molecule has 20 heavy (non-hydrogen) atoms. The van der Waals surface area contributed by atoms with Gasteiger partial charge in [0.15, 0.2) is 5.78 Å². The van der Waals surface area contributed by atoms with Gasteiger partial charge in [-0.2, -0.15) is 18.3 Å². The average molecular weight is 286 g/mol. The lowest BCUT2D eigenvalue weighted by molar-refractivity contribution is -0.140. The Morgan fingerprint density at radius 1 is 1.30 bits per heavy atom. The Balaban J connectivity index is 2.42. The van der Waals surface area contributed by atoms with E-state index in [9.17, 15) is 22.4 Å². The van der Waals surface area contributed by atoms with Gasteiger partial charge in [0.1, 0.15) is 5.82 Å². The maximum Gasteiger partial charge on any atom is 0.419 e. The molecule has 1 aromatic carbocycles. The van der Waals surface area contributed by atoms with Gasteiger partial charge in [0, 0.05) is 18.8 Å². The van der Waals surface area contributed by atoms with Gasteiger partial charge >= 0.3 is 6.18 Å². The van der Waals surface area contributed by atoms with E-state index >= 15 is 0 Å². The van der Waals surface area contributed by atoms with Crippen LogP contribution in [0.4, 0.5) is 17.6 Å². The quantitative estimate of drug-likeness (QED) is 0.628. The largest absolute Gasteiger partial charge is 0.419 e. The highest BCUT2D eigenvalue weighted by Gasteiger charge is 2.34. The second-order valence-corrected chi connectivity index (χ2v) is 4.32. The molecule has 0 saturated carbocycles. The minimum Gasteiger partial charge on any atom is -0.288 e. The fourth-order valence-electron chi connectivity index (χ4n) is 1.86. The highest BCUT2D eigenvalue weighted by atomic mass is 19.4. The Bertz CT molecular complexity index is 673. The van der Waals surface area contributed by atoms with Crippen molar-refractivity contribution in [3.05, 3.63) is 52.6 Å². The topological polar surface area (TPSA) is 34.9 Å². The number of aromatic nitrogens is 2. The van der Waals surface area contributed by atoms with Crippen molar-refractivity contribution < 1.29 is 22.4 Å². The van der Waals surface area contributed by atoms with Crippen LogP contribution in [0.15, 0.2) is 24.4 Å². The van der Waals surface area contributed by atoms with E-state index in [1.807, 2.05) is 0 Å². The van der Waals surface area contributed by atoms with Crippen LogP contribution in [0.25, 0.3) is 0 Å². The molecule has 0 radical (unpaired) electrons. The van der Waals surface area contributed by atoms with E-state index in [-0.39, 0.29) is 11.1 Å². The van der Waals surface area contributed by atoms with Gasteiger partial charge in [-0.15, -0.1) is 0 Å². The normalized spacial score (nSPS) is 11.7. The lowest BCUT2D eigenvalue weighted by atomic mass is 10.0. The van der Waals surface area contributed by atoms with Crippen molar-refractivity contribution in [1.29, 1.82) is 0 Å². The van der Waals surface area contributed by atoms with Crippen LogP contribution in [0, 0.1) is 12.7 Å². The third kappa shape index (κ3) is 2.56. The van der Waals surface area contributed by atoms with Gasteiger partial charge < -0.3 is 0 Å². The molecule has 0 amide bonds. The number of aryl methyl sites for hydroxylation is 2. The number of benzene rings is 1. The van der Waals surface area contributed by atoms with E-state index in [0.717, 1.165) is 6.07 Å². The van der Waals surface area contributed by atoms with Crippen LogP contribution in [0.1, 0.15) is 27.2 Å². The molecule has 0 aliphatic heterocycles. The molecule has 1 heterocycles. The monoisotopic (exact) mass is 286 g/mol. The van der Waals surface area contributed by atoms with Gasteiger partial charge in [0.2, 0.25) is 0 Å². The zero-order valence-corrected chi connectivity index (χ0v) is 10.6. The maximum absolute atomic E-state index is 13.4. The van der Waals surface area contributed by atoms with Crippen LogP contribution in [-0.4, -0.2) is 15.6 Å². The summed E-state index contributed by atoms with van der Waals surface area (Å²) in [6.07, 6.45) is -3.34. The number of halogens is 4. The number of rotatable bonds is 2. The zero-order chi connectivity index (χ0) is 15.1. The van der Waals surface area contributed by atoms with Crippen molar-refractivity contribution in [1.82, 2.24) is 9.78 Å². The third-order valence-corrected chi connectivity index (χ3v) is 2.79. The molecule has 2 aromatic rings. The first-order chi connectivity index (χ1) is 9.20. The summed E-state index contributed by atoms with van der Waals surface area (Å²) in [4.78, 5) is 12.1. The second-order valence-electron chi connectivity index (χ2n) is 4.32. The summed E-state index contributed by atoms with van der Waals surface area (Å²) in [5.41, 5.74) is -0.881. The van der Waals surface area contributed by atoms with Crippen LogP contribution in [0.2, 0.25) is 0 Å². The number of hydrogen-bond donors (Lipinski definition) is 0. The summed E-state index contributed by atoms with van der Waals surface area (Å²) in [6, 6.07) is 2.12. The predicted octanol–water partition coefficient (Wildman–Crippen LogP) is 3.12. The van der Waals surface area contributed by atoms with E-state index in [1.54, 1.807) is 14.0 Å². The predicted molar refractivity (Wildman–Crippen MR) is 62.8 cm³/mol. The van der Waals surface area contributed by atoms with Crippen LogP contribution in [0.5, 0.6) is 0 Å². The van der Waals surface area contributed by atoms with Crippen LogP contribution in [-0.2, 0) is 13.2 Å². The SMILES string of the molecule is Cc1nn(C)cc1C(=O)c1ccc(C(F)(F)F)c(F)c1. The Hall–Kier alpha value is -2.18. The summed E-state index contributed by atoms with van der Waals surface area (Å²) in [5.74, 6) is -2.03. The van der Waals surface area contributed by atoms with Gasteiger partial charge in [-0.1, -0.05) is 6.07 Å². The molecule has 0 N–H and O–H groups in total. The molecule has 0 aliphatic carbocycles. The van der Waals surface area contributed by atoms with Crippen molar-refractivity contribution in [2.24, 2.45) is 7.05 Å². The van der Waals surface area contributed by atoms with Gasteiger partial charge in [-0.05, 0) is 19.1 Å². The standard InChI is InChI=1S/C13H10F4N2O/c1-7-9(6-19(2)18-7)12(20)8-3-4-10(11(14)5-8)13(15,16)17/h3-6H,1-2H3. The molecule has 3 nitrogen and oxygen atoms in total. The number of carbonyl (C=O) groups excluding carboxylic acids is 1. The van der Waals surface area contributed by atoms with Crippen molar-refractivity contribution >= 4 is 5.78 Å². The maximum atomic E-state index is 13.4. The van der Waals surface area contributed by atoms with Crippen molar-refractivity contribution in [3.8, 4) is 0 Å². The second kappa shape index (κ2) is 4.73. The number of hydrogen-bond acceptors (Lipinski definition) is 2. The van der Waals surface area contributed by atoms with Gasteiger partial charge in [-0.3, -0.25) is 9.48 Å². The highest BCUT2D eigenvalue weighted by molar-refractivity contribution is 6.09. The first kappa shape index (κ1) is 14.2. The van der Waals surface area contributed by atoms with E-state index in [4.69, 9.17) is 0 Å². The Kier molecular flexibility index (Phi) is 3.37. The molecule has 0 unspecified atom stereocenters. The van der Waals surface area contributed by atoms with Crippen LogP contribution in [0.3, 0.4) is 0 Å². The van der Waals surface area contributed by atoms with Crippen molar-refractivity contribution in [2.75, 3.05) is 0 Å². The zero-order valence-electron chi connectivity index (χ0n) is 10.6. The van der Waals surface area contributed by atoms with Gasteiger partial charge in [-0.25, -0.2) is 4.39 Å². The fraction of sp³-hybridized carbons (Fsp3) is 0.231. The van der Waals surface area contributed by atoms with Crippen molar-refractivity contribution in [2.45, 2.75) is 13.1 Å². The Labute approximate surface area is 111 Å². The fourth-order valence-corrected chi connectivity index (χ4v) is 1.86. The Morgan fingerprint density at radius 2 is 1.95 bits per heavy atom. The highest BCUT2D eigenvalue weighted by Crippen LogP contribution is 2.31. The molecule has 7 heteroatoms. The van der Waals surface area contributed by atoms with Crippen LogP contribution < -0.4 is 0 Å². The molecule has 0 spiro atoms. The molecule has 0 aliphatic rings. The molecular weight excluding hydrogens is 276 g/mol. The van der Waals surface area contributed by atoms with E-state index in [2.05, 4.69) is 5.10 Å². The number of carbonyl (C=O) groups is 1. The lowest BCUT2D eigenvalue weighted by Gasteiger charge is -2.08. The summed E-state index contributed by atoms with van der Waals surface area (Å²) < 4.78 is 52.1. The molecule has 0 saturated heterocycles. The van der Waals surface area contributed by atoms with E-state index < -0.39 is 23.3 Å².